The summed E-state index contributed by atoms with van der Waals surface area (Å²) in [5.74, 6) is -2.83. The summed E-state index contributed by atoms with van der Waals surface area (Å²) in [6, 6.07) is -26.1. The predicted molar refractivity (Wildman–Crippen MR) is 230 cm³/mol. The van der Waals surface area contributed by atoms with Crippen LogP contribution in [-0.4, -0.2) is 24.1 Å². The van der Waals surface area contributed by atoms with E-state index < -0.39 is 288 Å². The summed E-state index contributed by atoms with van der Waals surface area (Å²) < 4.78 is 279. The third kappa shape index (κ3) is 5.21. The molecule has 8 aromatic carbocycles. The lowest BCUT2D eigenvalue weighted by atomic mass is 10.0. The maximum atomic E-state index is 9.75. The Balaban J connectivity index is 1.41. The van der Waals surface area contributed by atoms with E-state index in [0.29, 0.717) is 0 Å². The molecule has 56 heavy (non-hydrogen) atoms. The van der Waals surface area contributed by atoms with Crippen LogP contribution in [0, 0.1) is 0 Å². The van der Waals surface area contributed by atoms with E-state index in [2.05, 4.69) is 15.0 Å². The van der Waals surface area contributed by atoms with Crippen LogP contribution in [0.1, 0.15) is 42.5 Å². The van der Waals surface area contributed by atoms with Gasteiger partial charge in [-0.15, -0.1) is 0 Å². The third-order valence-corrected chi connectivity index (χ3v) is 8.61. The van der Waals surface area contributed by atoms with E-state index in [0.717, 1.165) is 21.3 Å². The molecule has 3 aromatic heterocycles. The zero-order valence-corrected chi connectivity index (χ0v) is 27.9. The average Bonchev–Trinajstić information content (AvgIpc) is 1.52. The first-order chi connectivity index (χ1) is 40.6. The zero-order valence-electron chi connectivity index (χ0n) is 58.9. The minimum absolute atomic E-state index is 0.476. The number of fused-ring (bicyclic) bond motifs is 7. The fourth-order valence-electron chi connectivity index (χ4n) is 6.24. The lowest BCUT2D eigenvalue weighted by Crippen LogP contribution is -2.07. The molecular formula is C51H33N5. The molecule has 0 N–H and O–H groups in total. The molecule has 5 heteroatoms. The topological polar surface area (TPSA) is 48.5 Å². The van der Waals surface area contributed by atoms with Crippen LogP contribution in [0.2, 0.25) is 0 Å². The van der Waals surface area contributed by atoms with Crippen LogP contribution in [0.15, 0.2) is 199 Å². The third-order valence-electron chi connectivity index (χ3n) is 8.61. The second-order valence-electron chi connectivity index (χ2n) is 11.7. The highest BCUT2D eigenvalue weighted by Crippen LogP contribution is 2.42. The van der Waals surface area contributed by atoms with Crippen LogP contribution in [-0.2, 0) is 0 Å². The van der Waals surface area contributed by atoms with Crippen molar-refractivity contribution in [1.82, 2.24) is 24.1 Å². The standard InChI is InChI=1S/C51H33N5/c1-4-14-34(15-5-1)36-24-26-39(27-25-36)50-52-49(38-18-8-3-9-19-38)53-51(54-50)56-46-23-13-11-21-42(46)44-33-32-43-41-20-10-12-22-45(41)55(47(43)48(44)56)40-30-28-37(29-31-40)35-16-6-2-7-17-35/h1-33H/i1D,2D,3D,4D,5D,6D,7D,8D,9D,10D,11D,12D,13D,14D,16D,17D,18D,19D,20D,21D,22D,23D,24D,25D,26D,27D,28D,29D,30D,32D,33D. The van der Waals surface area contributed by atoms with Crippen LogP contribution in [0.3, 0.4) is 0 Å². The summed E-state index contributed by atoms with van der Waals surface area (Å²) in [6.45, 7) is 0. The Morgan fingerprint density at radius 3 is 1.46 bits per heavy atom. The minimum atomic E-state index is -1.02. The van der Waals surface area contributed by atoms with Gasteiger partial charge in [0, 0.05) is 38.4 Å². The summed E-state index contributed by atoms with van der Waals surface area (Å²) in [6.07, 6.45) is 0. The largest absolute Gasteiger partial charge is 0.307 e. The molecule has 0 aliphatic rings. The summed E-state index contributed by atoms with van der Waals surface area (Å²) in [5.41, 5.74) is -7.38. The Kier molecular flexibility index (Phi) is 3.17. The summed E-state index contributed by atoms with van der Waals surface area (Å²) >= 11 is 0. The Labute approximate surface area is 367 Å². The quantitative estimate of drug-likeness (QED) is 0.170. The second kappa shape index (κ2) is 13.0. The fourth-order valence-corrected chi connectivity index (χ4v) is 6.24. The number of rotatable bonds is 6. The van der Waals surface area contributed by atoms with Crippen molar-refractivity contribution in [3.8, 4) is 56.7 Å². The molecule has 11 aromatic rings. The first-order valence-corrected chi connectivity index (χ1v) is 16.3. The molecular weight excluding hydrogens is 683 g/mol. The Hall–Kier alpha value is -7.63. The van der Waals surface area contributed by atoms with Crippen molar-refractivity contribution in [2.24, 2.45) is 0 Å². The molecule has 0 saturated heterocycles. The molecule has 0 bridgehead atoms. The van der Waals surface area contributed by atoms with Gasteiger partial charge in [0.1, 0.15) is 0 Å². The minimum Gasteiger partial charge on any atom is -0.307 e. The van der Waals surface area contributed by atoms with Gasteiger partial charge in [-0.3, -0.25) is 4.57 Å². The smallest absolute Gasteiger partial charge is 0.238 e. The average molecular weight is 747 g/mol. The van der Waals surface area contributed by atoms with Crippen LogP contribution in [0.5, 0.6) is 0 Å². The molecule has 0 spiro atoms. The van der Waals surface area contributed by atoms with Crippen molar-refractivity contribution >= 4 is 43.6 Å². The van der Waals surface area contributed by atoms with Crippen LogP contribution < -0.4 is 0 Å². The Morgan fingerprint density at radius 2 is 0.786 bits per heavy atom. The monoisotopic (exact) mass is 746 g/mol. The van der Waals surface area contributed by atoms with Crippen molar-refractivity contribution in [2.45, 2.75) is 0 Å². The van der Waals surface area contributed by atoms with Gasteiger partial charge in [-0.25, -0.2) is 4.98 Å². The summed E-state index contributed by atoms with van der Waals surface area (Å²) in [7, 11) is 0. The van der Waals surface area contributed by atoms with E-state index in [4.69, 9.17) is 24.7 Å². The molecule has 0 fully saturated rings. The number of para-hydroxylation sites is 2. The zero-order chi connectivity index (χ0) is 64.0. The van der Waals surface area contributed by atoms with Crippen LogP contribution in [0.25, 0.3) is 100 Å². The second-order valence-corrected chi connectivity index (χ2v) is 11.7. The van der Waals surface area contributed by atoms with Crippen molar-refractivity contribution < 1.29 is 42.5 Å². The van der Waals surface area contributed by atoms with E-state index in [9.17, 15) is 17.8 Å². The highest BCUT2D eigenvalue weighted by atomic mass is 15.2. The van der Waals surface area contributed by atoms with Gasteiger partial charge >= 0.3 is 0 Å². The van der Waals surface area contributed by atoms with E-state index in [1.54, 1.807) is 0 Å². The van der Waals surface area contributed by atoms with E-state index >= 15 is 0 Å². The molecule has 3 heterocycles. The summed E-state index contributed by atoms with van der Waals surface area (Å²) in [4.78, 5) is 13.5. The van der Waals surface area contributed by atoms with Gasteiger partial charge in [0.25, 0.3) is 0 Å². The molecule has 0 saturated carbocycles. The van der Waals surface area contributed by atoms with Crippen molar-refractivity contribution in [3.05, 3.63) is 199 Å². The van der Waals surface area contributed by atoms with Gasteiger partial charge in [-0.2, -0.15) is 9.97 Å². The lowest BCUT2D eigenvalue weighted by molar-refractivity contribution is 0.953. The molecule has 0 atom stereocenters. The van der Waals surface area contributed by atoms with Crippen LogP contribution in [0.4, 0.5) is 0 Å². The molecule has 0 radical (unpaired) electrons. The normalized spacial score (nSPS) is 19.3. The molecule has 0 aliphatic heterocycles. The number of hydrogen-bond donors (Lipinski definition) is 0. The van der Waals surface area contributed by atoms with Crippen molar-refractivity contribution in [1.29, 1.82) is 0 Å². The maximum Gasteiger partial charge on any atom is 0.238 e. The van der Waals surface area contributed by atoms with Gasteiger partial charge in [-0.05, 0) is 46.4 Å². The molecule has 0 unspecified atom stereocenters. The number of aromatic nitrogens is 5. The van der Waals surface area contributed by atoms with Gasteiger partial charge in [0.15, 0.2) is 11.6 Å². The lowest BCUT2D eigenvalue weighted by Gasteiger charge is -2.14. The maximum absolute atomic E-state index is 9.75. The first kappa shape index (κ1) is 13.6. The fraction of sp³-hybridized carbons (Fsp3) is 0. The van der Waals surface area contributed by atoms with Crippen molar-refractivity contribution in [2.75, 3.05) is 0 Å². The molecule has 0 aliphatic carbocycles. The molecule has 5 nitrogen and oxygen atoms in total. The van der Waals surface area contributed by atoms with Crippen LogP contribution >= 0.6 is 0 Å². The highest BCUT2D eigenvalue weighted by Gasteiger charge is 2.23. The van der Waals surface area contributed by atoms with E-state index in [1.165, 1.54) is 0 Å². The van der Waals surface area contributed by atoms with Crippen molar-refractivity contribution in [3.63, 3.8) is 0 Å². The predicted octanol–water partition coefficient (Wildman–Crippen LogP) is 12.7. The molecule has 262 valence electrons. The van der Waals surface area contributed by atoms with Gasteiger partial charge in [-0.1, -0.05) is 175 Å². The van der Waals surface area contributed by atoms with Gasteiger partial charge < -0.3 is 4.57 Å². The number of benzene rings is 8. The Morgan fingerprint density at radius 1 is 0.321 bits per heavy atom. The number of hydrogen-bond acceptors (Lipinski definition) is 3. The summed E-state index contributed by atoms with van der Waals surface area (Å²) in [5, 5.41) is -2.37. The first-order valence-electron chi connectivity index (χ1n) is 31.8. The SMILES string of the molecule is [2H]c1cc(-c2c([2H])c([2H])c(-c3nc(-c4c([2H])c([2H])c([2H])c([2H])c4[2H])nc(-n4c5c([2H])c([2H])c([2H])c([2H])c5c5c([2H])c([2H])c6c7c([2H])c([2H])c([2H])c([2H])c7n(-c7cc([2H])c(-c8c([2H])c([2H])c([2H])c([2H])c8[2H])c([2H])c7[2H])c6c54)n3)c([2H])c2[2H])c([2H])c([2H])c1[2H]. The molecule has 11 rings (SSSR count). The highest BCUT2D eigenvalue weighted by molar-refractivity contribution is 6.23. The Bertz CT molecular complexity index is 4980. The van der Waals surface area contributed by atoms with E-state index in [1.807, 2.05) is 0 Å². The van der Waals surface area contributed by atoms with Gasteiger partial charge in [0.05, 0.1) is 64.6 Å². The molecule has 0 amide bonds. The van der Waals surface area contributed by atoms with E-state index in [-0.39, 0.29) is 0 Å². The number of nitrogens with zero attached hydrogens (tertiary/aromatic N) is 5. The van der Waals surface area contributed by atoms with Gasteiger partial charge in [0.2, 0.25) is 5.95 Å².